The number of rotatable bonds is 1. The molecule has 0 aliphatic carbocycles. The molecule has 0 unspecified atom stereocenters. The van der Waals surface area contributed by atoms with Crippen LogP contribution in [0, 0.1) is 6.92 Å². The van der Waals surface area contributed by atoms with Crippen molar-refractivity contribution in [3.8, 4) is 17.1 Å². The van der Waals surface area contributed by atoms with Crippen LogP contribution in [0.5, 0.6) is 5.75 Å². The molecule has 4 heteroatoms. The standard InChI is InChI=1S/C22H15NO3/c1-12-7-10-17-16(11-12)14-8-9-15-19(24)20(25)21(13-5-3-2-4-6-13)26-22(15)18(14)23-17/h2-11,23,25H,1H3. The molecular formula is C22H15NO3. The normalized spacial score (nSPS) is 11.6. The number of benzene rings is 3. The number of H-pyrrole nitrogens is 1. The number of aryl methyl sites for hydroxylation is 1. The highest BCUT2D eigenvalue weighted by Gasteiger charge is 2.18. The van der Waals surface area contributed by atoms with E-state index in [9.17, 15) is 9.90 Å². The van der Waals surface area contributed by atoms with E-state index in [1.54, 1.807) is 18.2 Å². The molecule has 0 aliphatic rings. The number of aromatic nitrogens is 1. The van der Waals surface area contributed by atoms with Crippen molar-refractivity contribution >= 4 is 32.8 Å². The zero-order valence-electron chi connectivity index (χ0n) is 14.0. The molecule has 2 aromatic heterocycles. The molecule has 2 N–H and O–H groups in total. The van der Waals surface area contributed by atoms with Crippen LogP contribution in [0.3, 0.4) is 0 Å². The van der Waals surface area contributed by atoms with E-state index in [-0.39, 0.29) is 11.5 Å². The Bertz CT molecular complexity index is 1360. The maximum absolute atomic E-state index is 12.7. The summed E-state index contributed by atoms with van der Waals surface area (Å²) in [5, 5.41) is 12.8. The molecule has 26 heavy (non-hydrogen) atoms. The van der Waals surface area contributed by atoms with Crippen molar-refractivity contribution in [3.63, 3.8) is 0 Å². The molecule has 5 aromatic rings. The summed E-state index contributed by atoms with van der Waals surface area (Å²) in [7, 11) is 0. The fraction of sp³-hybridized carbons (Fsp3) is 0.0455. The summed E-state index contributed by atoms with van der Waals surface area (Å²) in [5.41, 5.74) is 3.59. The Morgan fingerprint density at radius 2 is 1.69 bits per heavy atom. The lowest BCUT2D eigenvalue weighted by atomic mass is 10.1. The molecule has 3 aromatic carbocycles. The quantitative estimate of drug-likeness (QED) is 0.445. The predicted molar refractivity (Wildman–Crippen MR) is 104 cm³/mol. The van der Waals surface area contributed by atoms with Gasteiger partial charge in [0.25, 0.3) is 0 Å². The number of fused-ring (bicyclic) bond motifs is 5. The Morgan fingerprint density at radius 3 is 2.50 bits per heavy atom. The molecule has 0 atom stereocenters. The minimum absolute atomic E-state index is 0.186. The minimum Gasteiger partial charge on any atom is -0.502 e. The van der Waals surface area contributed by atoms with Crippen LogP contribution >= 0.6 is 0 Å². The topological polar surface area (TPSA) is 66.2 Å². The first-order valence-corrected chi connectivity index (χ1v) is 8.40. The van der Waals surface area contributed by atoms with Gasteiger partial charge >= 0.3 is 0 Å². The molecule has 2 heterocycles. The number of aromatic amines is 1. The summed E-state index contributed by atoms with van der Waals surface area (Å²) >= 11 is 0. The first-order chi connectivity index (χ1) is 12.6. The van der Waals surface area contributed by atoms with Crippen LogP contribution in [0.2, 0.25) is 0 Å². The third-order valence-electron chi connectivity index (χ3n) is 4.80. The van der Waals surface area contributed by atoms with E-state index < -0.39 is 5.43 Å². The highest BCUT2D eigenvalue weighted by Crippen LogP contribution is 2.35. The second-order valence-electron chi connectivity index (χ2n) is 6.51. The van der Waals surface area contributed by atoms with Gasteiger partial charge < -0.3 is 14.5 Å². The monoisotopic (exact) mass is 341 g/mol. The number of hydrogen-bond donors (Lipinski definition) is 2. The molecule has 4 nitrogen and oxygen atoms in total. The van der Waals surface area contributed by atoms with E-state index >= 15 is 0 Å². The van der Waals surface area contributed by atoms with Crippen LogP contribution in [-0.2, 0) is 0 Å². The van der Waals surface area contributed by atoms with E-state index in [0.29, 0.717) is 16.5 Å². The molecule has 0 saturated heterocycles. The molecule has 0 saturated carbocycles. The lowest BCUT2D eigenvalue weighted by Crippen LogP contribution is -2.02. The van der Waals surface area contributed by atoms with Crippen LogP contribution in [-0.4, -0.2) is 10.1 Å². The van der Waals surface area contributed by atoms with Crippen LogP contribution in [0.25, 0.3) is 44.1 Å². The van der Waals surface area contributed by atoms with Crippen molar-refractivity contribution in [3.05, 3.63) is 76.5 Å². The Labute approximate surface area is 148 Å². The van der Waals surface area contributed by atoms with Gasteiger partial charge in [0.2, 0.25) is 11.2 Å². The fourth-order valence-electron chi connectivity index (χ4n) is 3.51. The van der Waals surface area contributed by atoms with Gasteiger partial charge in [-0.15, -0.1) is 0 Å². The first kappa shape index (κ1) is 14.8. The molecule has 0 spiro atoms. The van der Waals surface area contributed by atoms with Crippen molar-refractivity contribution in [2.75, 3.05) is 0 Å². The third kappa shape index (κ3) is 1.99. The number of aromatic hydroxyl groups is 1. The molecular weight excluding hydrogens is 326 g/mol. The van der Waals surface area contributed by atoms with Gasteiger partial charge in [-0.2, -0.15) is 0 Å². The van der Waals surface area contributed by atoms with Crippen LogP contribution in [0.1, 0.15) is 5.56 Å². The maximum Gasteiger partial charge on any atom is 0.235 e. The Kier molecular flexibility index (Phi) is 2.97. The molecule has 0 radical (unpaired) electrons. The summed E-state index contributed by atoms with van der Waals surface area (Å²) in [5.74, 6) is -0.180. The van der Waals surface area contributed by atoms with E-state index in [0.717, 1.165) is 27.4 Å². The fourth-order valence-corrected chi connectivity index (χ4v) is 3.51. The Morgan fingerprint density at radius 1 is 0.923 bits per heavy atom. The number of hydrogen-bond acceptors (Lipinski definition) is 3. The highest BCUT2D eigenvalue weighted by atomic mass is 16.4. The van der Waals surface area contributed by atoms with Crippen molar-refractivity contribution < 1.29 is 9.52 Å². The third-order valence-corrected chi connectivity index (χ3v) is 4.80. The first-order valence-electron chi connectivity index (χ1n) is 8.40. The zero-order valence-corrected chi connectivity index (χ0v) is 14.0. The number of nitrogens with one attached hydrogen (secondary N) is 1. The lowest BCUT2D eigenvalue weighted by molar-refractivity contribution is 0.449. The average Bonchev–Trinajstić information content (AvgIpc) is 3.03. The van der Waals surface area contributed by atoms with Gasteiger partial charge in [-0.3, -0.25) is 4.79 Å². The van der Waals surface area contributed by atoms with Crippen molar-refractivity contribution in [2.45, 2.75) is 6.92 Å². The molecule has 0 bridgehead atoms. The van der Waals surface area contributed by atoms with E-state index in [1.165, 1.54) is 0 Å². The van der Waals surface area contributed by atoms with Crippen molar-refractivity contribution in [2.24, 2.45) is 0 Å². The summed E-state index contributed by atoms with van der Waals surface area (Å²) in [6.07, 6.45) is 0. The summed E-state index contributed by atoms with van der Waals surface area (Å²) in [4.78, 5) is 16.1. The molecule has 5 rings (SSSR count). The van der Waals surface area contributed by atoms with Gasteiger partial charge in [-0.25, -0.2) is 0 Å². The SMILES string of the molecule is Cc1ccc2[nH]c3c(ccc4c(=O)c(O)c(-c5ccccc5)oc43)c2c1. The summed E-state index contributed by atoms with van der Waals surface area (Å²) < 4.78 is 6.05. The lowest BCUT2D eigenvalue weighted by Gasteiger charge is -2.06. The second-order valence-corrected chi connectivity index (χ2v) is 6.51. The van der Waals surface area contributed by atoms with Crippen LogP contribution < -0.4 is 5.43 Å². The van der Waals surface area contributed by atoms with E-state index in [1.807, 2.05) is 43.3 Å². The van der Waals surface area contributed by atoms with Gasteiger partial charge in [-0.1, -0.05) is 48.0 Å². The minimum atomic E-state index is -0.429. The molecule has 0 fully saturated rings. The van der Waals surface area contributed by atoms with Crippen LogP contribution in [0.15, 0.2) is 69.9 Å². The Hall–Kier alpha value is -3.53. The van der Waals surface area contributed by atoms with Crippen molar-refractivity contribution in [1.29, 1.82) is 0 Å². The Balaban J connectivity index is 1.96. The average molecular weight is 341 g/mol. The van der Waals surface area contributed by atoms with Gasteiger partial charge in [0.15, 0.2) is 11.3 Å². The largest absolute Gasteiger partial charge is 0.502 e. The van der Waals surface area contributed by atoms with E-state index in [2.05, 4.69) is 11.1 Å². The predicted octanol–water partition coefficient (Wildman–Crippen LogP) is 5.11. The smallest absolute Gasteiger partial charge is 0.235 e. The zero-order chi connectivity index (χ0) is 17.8. The van der Waals surface area contributed by atoms with Gasteiger partial charge in [0.05, 0.1) is 10.9 Å². The van der Waals surface area contributed by atoms with Gasteiger partial charge in [-0.05, 0) is 25.1 Å². The highest BCUT2D eigenvalue weighted by molar-refractivity contribution is 6.15. The summed E-state index contributed by atoms with van der Waals surface area (Å²) in [6.45, 7) is 2.05. The molecule has 0 amide bonds. The van der Waals surface area contributed by atoms with E-state index in [4.69, 9.17) is 4.42 Å². The van der Waals surface area contributed by atoms with Gasteiger partial charge in [0.1, 0.15) is 0 Å². The maximum atomic E-state index is 12.7. The van der Waals surface area contributed by atoms with Crippen LogP contribution in [0.4, 0.5) is 0 Å². The summed E-state index contributed by atoms with van der Waals surface area (Å²) in [6, 6.07) is 18.9. The molecule has 0 aliphatic heterocycles. The second kappa shape index (κ2) is 5.23. The van der Waals surface area contributed by atoms with Gasteiger partial charge in [0, 0.05) is 21.9 Å². The molecule has 126 valence electrons. The van der Waals surface area contributed by atoms with Crippen molar-refractivity contribution in [1.82, 2.24) is 4.98 Å².